The maximum atomic E-state index is 12.2. The molecule has 4 aliphatic heterocycles. The monoisotopic (exact) mass is 770 g/mol. The SMILES string of the molecule is C=C1CC[C@@]2(OC1)O[C@H]1C[C@H]3[C@@H]4CCC5C[C@@H](O[C@@H]6O[C@H](CO)[C@H](O)[C@H](O)[C@H]6O[C@@H]6O[C@@H](C)[C@H](O)[C@@H](O)[C@H]6O)[C@H](O)[C@@H](O)[C@]5(C)[C@H]4C[C@@H](O)[C@]3(C)[C@H]1[C@@H]2C. The molecular weight excluding hydrogens is 708 g/mol. The van der Waals surface area contributed by atoms with E-state index in [1.807, 2.05) is 6.92 Å². The van der Waals surface area contributed by atoms with Gasteiger partial charge in [0.15, 0.2) is 18.4 Å². The van der Waals surface area contributed by atoms with E-state index >= 15 is 0 Å². The van der Waals surface area contributed by atoms with Crippen molar-refractivity contribution in [1.29, 1.82) is 0 Å². The lowest BCUT2D eigenvalue weighted by molar-refractivity contribution is -0.376. The highest BCUT2D eigenvalue weighted by molar-refractivity contribution is 5.20. The molecule has 308 valence electrons. The summed E-state index contributed by atoms with van der Waals surface area (Å²) in [5, 5.41) is 99.1. The summed E-state index contributed by atoms with van der Waals surface area (Å²) < 4.78 is 36.8. The van der Waals surface area contributed by atoms with Crippen molar-refractivity contribution in [3.05, 3.63) is 12.2 Å². The van der Waals surface area contributed by atoms with Crippen LogP contribution in [0.5, 0.6) is 0 Å². The summed E-state index contributed by atoms with van der Waals surface area (Å²) in [6.45, 7) is 11.8. The molecular formula is C39H62O15. The van der Waals surface area contributed by atoms with Crippen molar-refractivity contribution in [3.63, 3.8) is 0 Å². The topological polar surface area (TPSA) is 237 Å². The molecule has 8 fully saturated rings. The van der Waals surface area contributed by atoms with Gasteiger partial charge in [0.25, 0.3) is 0 Å². The average Bonchev–Trinajstić information content (AvgIpc) is 3.60. The van der Waals surface area contributed by atoms with E-state index in [0.717, 1.165) is 37.7 Å². The molecule has 9 N–H and O–H groups in total. The van der Waals surface area contributed by atoms with Crippen LogP contribution in [0, 0.1) is 46.3 Å². The van der Waals surface area contributed by atoms with Crippen LogP contribution in [0.2, 0.25) is 0 Å². The molecule has 24 atom stereocenters. The molecule has 8 rings (SSSR count). The molecule has 4 saturated carbocycles. The fraction of sp³-hybridized carbons (Fsp3) is 0.949. The van der Waals surface area contributed by atoms with E-state index < -0.39 is 109 Å². The minimum absolute atomic E-state index is 0.0427. The van der Waals surface area contributed by atoms with Gasteiger partial charge in [-0.25, -0.2) is 0 Å². The summed E-state index contributed by atoms with van der Waals surface area (Å²) in [4.78, 5) is 0. The molecule has 54 heavy (non-hydrogen) atoms. The molecule has 4 heterocycles. The predicted octanol–water partition coefficient (Wildman–Crippen LogP) is -0.698. The van der Waals surface area contributed by atoms with Gasteiger partial charge in [0, 0.05) is 29.1 Å². The Labute approximate surface area is 316 Å². The van der Waals surface area contributed by atoms with Gasteiger partial charge in [-0.1, -0.05) is 32.9 Å². The Hall–Kier alpha value is -0.860. The van der Waals surface area contributed by atoms with Gasteiger partial charge in [-0.05, 0) is 69.1 Å². The van der Waals surface area contributed by atoms with E-state index in [1.165, 1.54) is 6.92 Å². The largest absolute Gasteiger partial charge is 0.394 e. The molecule has 4 aliphatic carbocycles. The van der Waals surface area contributed by atoms with Gasteiger partial charge >= 0.3 is 0 Å². The zero-order valence-corrected chi connectivity index (χ0v) is 31.7. The summed E-state index contributed by atoms with van der Waals surface area (Å²) in [7, 11) is 0. The van der Waals surface area contributed by atoms with E-state index in [-0.39, 0.29) is 41.6 Å². The highest BCUT2D eigenvalue weighted by Crippen LogP contribution is 2.71. The van der Waals surface area contributed by atoms with Crippen LogP contribution in [0.1, 0.15) is 72.6 Å². The molecule has 15 nitrogen and oxygen atoms in total. The first kappa shape index (κ1) is 39.9. The Morgan fingerprint density at radius 2 is 1.50 bits per heavy atom. The first-order valence-corrected chi connectivity index (χ1v) is 20.1. The van der Waals surface area contributed by atoms with Crippen molar-refractivity contribution in [2.45, 2.75) is 170 Å². The summed E-state index contributed by atoms with van der Waals surface area (Å²) in [5.41, 5.74) is -0.0916. The number of ether oxygens (including phenoxy) is 6. The second kappa shape index (κ2) is 14.2. The Kier molecular flexibility index (Phi) is 10.5. The third kappa shape index (κ3) is 5.78. The standard InChI is InChI=1S/C39H62O15/c1-15-8-9-39(49-14-15)16(2)26-22(54-39)11-20-19-7-6-18-10-23(29(44)34(48)37(18,4)21(19)12-25(41)38(20,26)5)51-36-33(31(46)28(43)24(13-40)52-36)53-35-32(47)30(45)27(42)17(3)50-35/h16-36,40-48H,1,6-14H2,2-5H3/t16-,17-,18?,19-,20-,21-,22-,23+,24+,25+,26-,27-,28-,29-,30+,31-,32+,33+,34+,35-,36+,37-,38+,39+/m0/s1. The molecule has 0 bridgehead atoms. The summed E-state index contributed by atoms with van der Waals surface area (Å²) in [6.07, 6.45) is -14.4. The van der Waals surface area contributed by atoms with E-state index in [2.05, 4.69) is 20.4 Å². The number of hydrogen-bond acceptors (Lipinski definition) is 15. The third-order valence-corrected chi connectivity index (χ3v) is 16.2. The number of fused-ring (bicyclic) bond motifs is 7. The van der Waals surface area contributed by atoms with Gasteiger partial charge in [0.2, 0.25) is 0 Å². The van der Waals surface area contributed by atoms with Crippen LogP contribution in [0.15, 0.2) is 12.2 Å². The zero-order valence-electron chi connectivity index (χ0n) is 31.7. The molecule has 0 aromatic rings. The second-order valence-electron chi connectivity index (χ2n) is 18.5. The fourth-order valence-corrected chi connectivity index (χ4v) is 13.0. The summed E-state index contributed by atoms with van der Waals surface area (Å²) in [5.74, 6) is -0.291. The Morgan fingerprint density at radius 1 is 0.778 bits per heavy atom. The minimum atomic E-state index is -1.72. The van der Waals surface area contributed by atoms with Crippen LogP contribution in [-0.4, -0.2) is 157 Å². The molecule has 1 spiro atoms. The van der Waals surface area contributed by atoms with Gasteiger partial charge in [-0.15, -0.1) is 0 Å². The third-order valence-electron chi connectivity index (χ3n) is 16.2. The highest BCUT2D eigenvalue weighted by atomic mass is 16.8. The second-order valence-corrected chi connectivity index (χ2v) is 18.5. The fourth-order valence-electron chi connectivity index (χ4n) is 13.0. The van der Waals surface area contributed by atoms with Crippen molar-refractivity contribution >= 4 is 0 Å². The van der Waals surface area contributed by atoms with E-state index in [1.54, 1.807) is 0 Å². The molecule has 0 aromatic heterocycles. The zero-order chi connectivity index (χ0) is 38.8. The quantitative estimate of drug-likeness (QED) is 0.124. The van der Waals surface area contributed by atoms with Crippen molar-refractivity contribution < 1.29 is 74.4 Å². The van der Waals surface area contributed by atoms with Gasteiger partial charge < -0.3 is 74.4 Å². The number of rotatable bonds is 5. The first-order valence-electron chi connectivity index (χ1n) is 20.1. The van der Waals surface area contributed by atoms with Gasteiger partial charge in [-0.3, -0.25) is 0 Å². The van der Waals surface area contributed by atoms with Crippen LogP contribution in [0.25, 0.3) is 0 Å². The van der Waals surface area contributed by atoms with Crippen molar-refractivity contribution in [1.82, 2.24) is 0 Å². The van der Waals surface area contributed by atoms with E-state index in [0.29, 0.717) is 19.4 Å². The summed E-state index contributed by atoms with van der Waals surface area (Å²) >= 11 is 0. The molecule has 15 heteroatoms. The van der Waals surface area contributed by atoms with Crippen molar-refractivity contribution in [3.8, 4) is 0 Å². The van der Waals surface area contributed by atoms with Crippen LogP contribution >= 0.6 is 0 Å². The number of hydrogen-bond donors (Lipinski definition) is 9. The van der Waals surface area contributed by atoms with Gasteiger partial charge in [0.05, 0.1) is 43.7 Å². The van der Waals surface area contributed by atoms with Gasteiger partial charge in [-0.2, -0.15) is 0 Å². The molecule has 0 amide bonds. The smallest absolute Gasteiger partial charge is 0.187 e. The molecule has 1 unspecified atom stereocenters. The molecule has 0 aromatic carbocycles. The maximum absolute atomic E-state index is 12.2. The molecule has 0 radical (unpaired) electrons. The van der Waals surface area contributed by atoms with Crippen molar-refractivity contribution in [2.75, 3.05) is 13.2 Å². The lowest BCUT2D eigenvalue weighted by Gasteiger charge is -2.64. The van der Waals surface area contributed by atoms with Crippen LogP contribution in [0.4, 0.5) is 0 Å². The van der Waals surface area contributed by atoms with Crippen LogP contribution < -0.4 is 0 Å². The predicted molar refractivity (Wildman–Crippen MR) is 186 cm³/mol. The summed E-state index contributed by atoms with van der Waals surface area (Å²) in [6, 6.07) is 0. The average molecular weight is 771 g/mol. The van der Waals surface area contributed by atoms with Crippen molar-refractivity contribution in [2.24, 2.45) is 46.3 Å². The van der Waals surface area contributed by atoms with Crippen LogP contribution in [-0.2, 0) is 28.4 Å². The van der Waals surface area contributed by atoms with Crippen LogP contribution in [0.3, 0.4) is 0 Å². The highest BCUT2D eigenvalue weighted by Gasteiger charge is 2.72. The molecule has 4 saturated heterocycles. The Balaban J connectivity index is 1.00. The van der Waals surface area contributed by atoms with E-state index in [9.17, 15) is 46.0 Å². The lowest BCUT2D eigenvalue weighted by Crippen LogP contribution is -2.68. The van der Waals surface area contributed by atoms with E-state index in [4.69, 9.17) is 28.4 Å². The van der Waals surface area contributed by atoms with Gasteiger partial charge in [0.1, 0.15) is 48.8 Å². The maximum Gasteiger partial charge on any atom is 0.187 e. The number of aliphatic hydroxyl groups excluding tert-OH is 9. The Bertz CT molecular complexity index is 1390. The molecule has 8 aliphatic rings. The minimum Gasteiger partial charge on any atom is -0.394 e. The lowest BCUT2D eigenvalue weighted by atomic mass is 9.42. The Morgan fingerprint density at radius 3 is 2.19 bits per heavy atom. The normalized spacial score (nSPS) is 60.1. The first-order chi connectivity index (χ1) is 25.5. The number of aliphatic hydroxyl groups is 9.